The Labute approximate surface area is 157 Å². The lowest BCUT2D eigenvalue weighted by Gasteiger charge is -2.34. The number of rotatable bonds is 6. The minimum absolute atomic E-state index is 0.435. The molecule has 3 aliphatic heterocycles. The van der Waals surface area contributed by atoms with E-state index in [0.717, 1.165) is 63.2 Å². The van der Waals surface area contributed by atoms with Gasteiger partial charge in [-0.05, 0) is 44.9 Å². The normalized spacial score (nSPS) is 24.6. The van der Waals surface area contributed by atoms with Gasteiger partial charge >= 0.3 is 0 Å². The van der Waals surface area contributed by atoms with E-state index in [9.17, 15) is 0 Å². The Morgan fingerprint density at radius 2 is 1.85 bits per heavy atom. The smallest absolute Gasteiger partial charge is 0.227 e. The van der Waals surface area contributed by atoms with Crippen molar-refractivity contribution in [1.82, 2.24) is 15.3 Å². The summed E-state index contributed by atoms with van der Waals surface area (Å²) in [6.45, 7) is 8.48. The second kappa shape index (κ2) is 8.53. The zero-order chi connectivity index (χ0) is 17.8. The minimum Gasteiger partial charge on any atom is -0.377 e. The molecule has 0 aromatic carbocycles. The van der Waals surface area contributed by atoms with E-state index in [4.69, 9.17) is 14.7 Å². The highest BCUT2D eigenvalue weighted by Gasteiger charge is 2.24. The molecule has 3 aliphatic rings. The molecule has 1 N–H and O–H groups in total. The Hall–Kier alpha value is -1.40. The summed E-state index contributed by atoms with van der Waals surface area (Å²) in [7, 11) is 0. The van der Waals surface area contributed by atoms with E-state index in [1.165, 1.54) is 38.5 Å². The maximum atomic E-state index is 5.73. The van der Waals surface area contributed by atoms with Crippen molar-refractivity contribution < 1.29 is 4.74 Å². The molecule has 1 unspecified atom stereocenters. The molecule has 3 fully saturated rings. The van der Waals surface area contributed by atoms with Crippen molar-refractivity contribution in [3.05, 3.63) is 11.8 Å². The van der Waals surface area contributed by atoms with Crippen molar-refractivity contribution in [3.63, 3.8) is 0 Å². The number of anilines is 2. The van der Waals surface area contributed by atoms with E-state index in [2.05, 4.69) is 28.1 Å². The molecule has 6 nitrogen and oxygen atoms in total. The van der Waals surface area contributed by atoms with Gasteiger partial charge in [0.1, 0.15) is 5.82 Å². The van der Waals surface area contributed by atoms with Crippen LogP contribution in [0.5, 0.6) is 0 Å². The van der Waals surface area contributed by atoms with Gasteiger partial charge < -0.3 is 19.9 Å². The van der Waals surface area contributed by atoms with Crippen molar-refractivity contribution in [3.8, 4) is 0 Å². The third-order valence-corrected chi connectivity index (χ3v) is 5.98. The number of nitrogens with zero attached hydrogens (tertiary/aromatic N) is 4. The lowest BCUT2D eigenvalue weighted by molar-refractivity contribution is 0.106. The fourth-order valence-electron chi connectivity index (χ4n) is 4.29. The molecule has 0 radical (unpaired) electrons. The second-order valence-corrected chi connectivity index (χ2v) is 7.87. The average molecular weight is 360 g/mol. The number of hydrogen-bond acceptors (Lipinski definition) is 6. The minimum atomic E-state index is 0.435. The Morgan fingerprint density at radius 1 is 1.04 bits per heavy atom. The van der Waals surface area contributed by atoms with Gasteiger partial charge in [-0.25, -0.2) is 4.98 Å². The number of aryl methyl sites for hydroxylation is 1. The lowest BCUT2D eigenvalue weighted by atomic mass is 10.0. The van der Waals surface area contributed by atoms with Crippen LogP contribution in [0.15, 0.2) is 6.07 Å². The van der Waals surface area contributed by atoms with Gasteiger partial charge in [0.15, 0.2) is 0 Å². The molecule has 0 spiro atoms. The average Bonchev–Trinajstić information content (AvgIpc) is 3.40. The van der Waals surface area contributed by atoms with Gasteiger partial charge in [-0.2, -0.15) is 4.98 Å². The molecule has 26 heavy (non-hydrogen) atoms. The molecule has 3 saturated heterocycles. The number of aromatic nitrogens is 2. The Morgan fingerprint density at radius 3 is 2.54 bits per heavy atom. The van der Waals surface area contributed by atoms with Crippen LogP contribution in [-0.2, 0) is 11.2 Å². The first-order valence-electron chi connectivity index (χ1n) is 10.5. The fraction of sp³-hybridized carbons (Fsp3) is 0.800. The van der Waals surface area contributed by atoms with Crippen LogP contribution in [0, 0.1) is 0 Å². The topological polar surface area (TPSA) is 53.5 Å². The van der Waals surface area contributed by atoms with E-state index in [0.29, 0.717) is 12.1 Å². The fourth-order valence-corrected chi connectivity index (χ4v) is 4.29. The largest absolute Gasteiger partial charge is 0.377 e. The first-order chi connectivity index (χ1) is 12.8. The Kier molecular flexibility index (Phi) is 5.90. The van der Waals surface area contributed by atoms with Gasteiger partial charge in [0.05, 0.1) is 6.10 Å². The van der Waals surface area contributed by atoms with E-state index in [1.807, 2.05) is 0 Å². The number of hydrogen-bond donors (Lipinski definition) is 1. The second-order valence-electron chi connectivity index (χ2n) is 7.87. The van der Waals surface area contributed by atoms with Crippen LogP contribution >= 0.6 is 0 Å². The highest BCUT2D eigenvalue weighted by atomic mass is 16.5. The SMILES string of the molecule is CCc1cc(N2CCC(NCC3CCCO3)CC2)nc(N2CCCC2)n1. The molecule has 144 valence electrons. The summed E-state index contributed by atoms with van der Waals surface area (Å²) in [5.74, 6) is 2.06. The van der Waals surface area contributed by atoms with Crippen LogP contribution in [0.1, 0.15) is 51.1 Å². The molecule has 4 heterocycles. The van der Waals surface area contributed by atoms with Gasteiger partial charge in [0.25, 0.3) is 0 Å². The number of nitrogens with one attached hydrogen (secondary N) is 1. The molecule has 1 aromatic rings. The molecular weight excluding hydrogens is 326 g/mol. The molecule has 0 amide bonds. The summed E-state index contributed by atoms with van der Waals surface area (Å²) in [4.78, 5) is 14.5. The molecule has 1 aromatic heterocycles. The summed E-state index contributed by atoms with van der Waals surface area (Å²) in [6.07, 6.45) is 8.71. The van der Waals surface area contributed by atoms with Crippen LogP contribution in [-0.4, -0.2) is 61.4 Å². The van der Waals surface area contributed by atoms with E-state index < -0.39 is 0 Å². The molecule has 1 atom stereocenters. The zero-order valence-corrected chi connectivity index (χ0v) is 16.1. The summed E-state index contributed by atoms with van der Waals surface area (Å²) in [5.41, 5.74) is 1.16. The maximum Gasteiger partial charge on any atom is 0.227 e. The van der Waals surface area contributed by atoms with Crippen LogP contribution < -0.4 is 15.1 Å². The summed E-state index contributed by atoms with van der Waals surface area (Å²) in [6, 6.07) is 2.81. The third-order valence-electron chi connectivity index (χ3n) is 5.98. The van der Waals surface area contributed by atoms with Gasteiger partial charge in [-0.3, -0.25) is 0 Å². The van der Waals surface area contributed by atoms with Crippen molar-refractivity contribution in [1.29, 1.82) is 0 Å². The lowest BCUT2D eigenvalue weighted by Crippen LogP contribution is -2.45. The van der Waals surface area contributed by atoms with Crippen LogP contribution in [0.25, 0.3) is 0 Å². The summed E-state index contributed by atoms with van der Waals surface area (Å²) in [5, 5.41) is 3.72. The number of piperidine rings is 1. The Balaban J connectivity index is 1.35. The molecule has 6 heteroatoms. The van der Waals surface area contributed by atoms with E-state index >= 15 is 0 Å². The van der Waals surface area contributed by atoms with Gasteiger partial charge in [-0.15, -0.1) is 0 Å². The van der Waals surface area contributed by atoms with Gasteiger partial charge in [0.2, 0.25) is 5.95 Å². The van der Waals surface area contributed by atoms with Crippen molar-refractivity contribution >= 4 is 11.8 Å². The van der Waals surface area contributed by atoms with Crippen LogP contribution in [0.4, 0.5) is 11.8 Å². The molecule has 0 bridgehead atoms. The monoisotopic (exact) mass is 359 g/mol. The molecule has 4 rings (SSSR count). The summed E-state index contributed by atoms with van der Waals surface area (Å²) < 4.78 is 5.73. The van der Waals surface area contributed by atoms with Gasteiger partial charge in [0, 0.05) is 57.1 Å². The van der Waals surface area contributed by atoms with Crippen molar-refractivity contribution in [2.75, 3.05) is 49.1 Å². The molecule has 0 aliphatic carbocycles. The number of ether oxygens (including phenoxy) is 1. The highest BCUT2D eigenvalue weighted by molar-refractivity contribution is 5.47. The zero-order valence-electron chi connectivity index (χ0n) is 16.1. The van der Waals surface area contributed by atoms with Crippen molar-refractivity contribution in [2.24, 2.45) is 0 Å². The van der Waals surface area contributed by atoms with E-state index in [1.54, 1.807) is 0 Å². The summed E-state index contributed by atoms with van der Waals surface area (Å²) >= 11 is 0. The van der Waals surface area contributed by atoms with E-state index in [-0.39, 0.29) is 0 Å². The van der Waals surface area contributed by atoms with Gasteiger partial charge in [-0.1, -0.05) is 6.92 Å². The quantitative estimate of drug-likeness (QED) is 0.842. The molecule has 0 saturated carbocycles. The predicted octanol–water partition coefficient (Wildman–Crippen LogP) is 2.38. The van der Waals surface area contributed by atoms with Crippen LogP contribution in [0.3, 0.4) is 0 Å². The molecular formula is C20H33N5O. The van der Waals surface area contributed by atoms with Crippen molar-refractivity contribution in [2.45, 2.75) is 64.0 Å². The third kappa shape index (κ3) is 4.29. The first kappa shape index (κ1) is 18.0. The highest BCUT2D eigenvalue weighted by Crippen LogP contribution is 2.24. The Bertz CT molecular complexity index is 576. The van der Waals surface area contributed by atoms with Crippen LogP contribution in [0.2, 0.25) is 0 Å². The predicted molar refractivity (Wildman–Crippen MR) is 105 cm³/mol. The first-order valence-corrected chi connectivity index (χ1v) is 10.5. The maximum absolute atomic E-state index is 5.73. The standard InChI is InChI=1S/C20H33N5O/c1-2-16-14-19(23-20(22-16)25-9-3-4-10-25)24-11-7-17(8-12-24)21-15-18-6-5-13-26-18/h14,17-18,21H,2-13,15H2,1H3.